The Morgan fingerprint density at radius 1 is 1.54 bits per heavy atom. The average Bonchev–Trinajstić information content (AvgIpc) is 2.11. The first-order chi connectivity index (χ1) is 6.24. The molecule has 0 fully saturated rings. The van der Waals surface area contributed by atoms with Crippen molar-refractivity contribution < 1.29 is 0 Å². The van der Waals surface area contributed by atoms with Crippen LogP contribution in [0.25, 0.3) is 0 Å². The molecule has 72 valence electrons. The van der Waals surface area contributed by atoms with Crippen LogP contribution in [0.2, 0.25) is 0 Å². The molecule has 0 amide bonds. The van der Waals surface area contributed by atoms with Crippen LogP contribution < -0.4 is 5.69 Å². The fourth-order valence-corrected chi connectivity index (χ4v) is 1.50. The minimum absolute atomic E-state index is 0.153. The van der Waals surface area contributed by atoms with Crippen molar-refractivity contribution in [1.29, 1.82) is 0 Å². The van der Waals surface area contributed by atoms with Gasteiger partial charge in [0.2, 0.25) is 0 Å². The van der Waals surface area contributed by atoms with Crippen molar-refractivity contribution in [1.82, 2.24) is 9.55 Å². The summed E-state index contributed by atoms with van der Waals surface area (Å²) < 4.78 is 1.66. The van der Waals surface area contributed by atoms with E-state index >= 15 is 0 Å². The molecule has 0 aliphatic rings. The lowest BCUT2D eigenvalue weighted by Gasteiger charge is -2.03. The Bertz CT molecular complexity index is 322. The molecule has 0 spiro atoms. The topological polar surface area (TPSA) is 34.9 Å². The lowest BCUT2D eigenvalue weighted by atomic mass is 10.3. The Hall–Kier alpha value is -0.640. The number of hydrogen-bond acceptors (Lipinski definition) is 2. The van der Waals surface area contributed by atoms with Gasteiger partial charge >= 0.3 is 5.69 Å². The SMILES string of the molecule is Cc1cnc(=O)n(CCCCBr)c1. The van der Waals surface area contributed by atoms with Gasteiger partial charge in [0.1, 0.15) is 0 Å². The molecule has 0 saturated carbocycles. The monoisotopic (exact) mass is 244 g/mol. The zero-order valence-corrected chi connectivity index (χ0v) is 9.25. The fourth-order valence-electron chi connectivity index (χ4n) is 1.10. The summed E-state index contributed by atoms with van der Waals surface area (Å²) >= 11 is 3.35. The van der Waals surface area contributed by atoms with E-state index in [1.165, 1.54) is 0 Å². The number of nitrogens with zero attached hydrogens (tertiary/aromatic N) is 2. The largest absolute Gasteiger partial charge is 0.347 e. The molecule has 1 aromatic heterocycles. The first-order valence-corrected chi connectivity index (χ1v) is 5.45. The van der Waals surface area contributed by atoms with Crippen LogP contribution in [0.3, 0.4) is 0 Å². The number of unbranched alkanes of at least 4 members (excludes halogenated alkanes) is 1. The van der Waals surface area contributed by atoms with Crippen molar-refractivity contribution in [3.8, 4) is 0 Å². The molecule has 13 heavy (non-hydrogen) atoms. The number of rotatable bonds is 4. The van der Waals surface area contributed by atoms with Crippen molar-refractivity contribution >= 4 is 15.9 Å². The predicted octanol–water partition coefficient (Wildman–Crippen LogP) is 1.73. The first-order valence-electron chi connectivity index (χ1n) is 4.33. The molecular weight excluding hydrogens is 232 g/mol. The number of aromatic nitrogens is 2. The lowest BCUT2D eigenvalue weighted by Crippen LogP contribution is -2.22. The molecule has 0 atom stereocenters. The third kappa shape index (κ3) is 3.30. The lowest BCUT2D eigenvalue weighted by molar-refractivity contribution is 0.600. The summed E-state index contributed by atoms with van der Waals surface area (Å²) in [5.74, 6) is 0. The molecule has 0 unspecified atom stereocenters. The average molecular weight is 245 g/mol. The smallest absolute Gasteiger partial charge is 0.299 e. The molecular formula is C9H13BrN2O. The molecule has 0 bridgehead atoms. The van der Waals surface area contributed by atoms with Gasteiger partial charge < -0.3 is 0 Å². The molecule has 0 aromatic carbocycles. The molecule has 4 heteroatoms. The molecule has 0 saturated heterocycles. The minimum Gasteiger partial charge on any atom is -0.299 e. The molecule has 0 aliphatic heterocycles. The van der Waals surface area contributed by atoms with E-state index in [1.807, 2.05) is 13.1 Å². The van der Waals surface area contributed by atoms with Crippen molar-refractivity contribution in [2.24, 2.45) is 0 Å². The van der Waals surface area contributed by atoms with Gasteiger partial charge in [-0.15, -0.1) is 0 Å². The highest BCUT2D eigenvalue weighted by Crippen LogP contribution is 1.97. The number of hydrogen-bond donors (Lipinski definition) is 0. The fraction of sp³-hybridized carbons (Fsp3) is 0.556. The molecule has 1 rings (SSSR count). The number of aryl methyl sites for hydroxylation is 2. The zero-order chi connectivity index (χ0) is 9.68. The molecule has 0 aliphatic carbocycles. The summed E-state index contributed by atoms with van der Waals surface area (Å²) in [5.41, 5.74) is 0.874. The number of halogens is 1. The summed E-state index contributed by atoms with van der Waals surface area (Å²) in [7, 11) is 0. The Balaban J connectivity index is 2.65. The maximum atomic E-state index is 11.2. The van der Waals surface area contributed by atoms with Gasteiger partial charge in [0.25, 0.3) is 0 Å². The van der Waals surface area contributed by atoms with Crippen LogP contribution >= 0.6 is 15.9 Å². The minimum atomic E-state index is -0.153. The molecule has 0 radical (unpaired) electrons. The van der Waals surface area contributed by atoms with Crippen LogP contribution in [0.1, 0.15) is 18.4 Å². The van der Waals surface area contributed by atoms with E-state index in [4.69, 9.17) is 0 Å². The van der Waals surface area contributed by atoms with E-state index < -0.39 is 0 Å². The van der Waals surface area contributed by atoms with Crippen molar-refractivity contribution in [3.63, 3.8) is 0 Å². The Kier molecular flexibility index (Phi) is 4.15. The van der Waals surface area contributed by atoms with Crippen molar-refractivity contribution in [2.45, 2.75) is 26.3 Å². The molecule has 3 nitrogen and oxygen atoms in total. The normalized spacial score (nSPS) is 10.3. The standard InChI is InChI=1S/C9H13BrN2O/c1-8-6-11-9(13)12(7-8)5-3-2-4-10/h6-7H,2-5H2,1H3. The Morgan fingerprint density at radius 2 is 2.31 bits per heavy atom. The van der Waals surface area contributed by atoms with E-state index in [0.29, 0.717) is 0 Å². The van der Waals surface area contributed by atoms with Gasteiger partial charge in [-0.05, 0) is 25.3 Å². The summed E-state index contributed by atoms with van der Waals surface area (Å²) in [6.07, 6.45) is 5.55. The third-order valence-electron chi connectivity index (χ3n) is 1.77. The Labute approximate surface area is 85.9 Å². The highest BCUT2D eigenvalue weighted by atomic mass is 79.9. The van der Waals surface area contributed by atoms with Crippen molar-refractivity contribution in [2.75, 3.05) is 5.33 Å². The van der Waals surface area contributed by atoms with E-state index in [2.05, 4.69) is 20.9 Å². The second-order valence-electron chi connectivity index (χ2n) is 3.00. The second kappa shape index (κ2) is 5.17. The van der Waals surface area contributed by atoms with Gasteiger partial charge in [0, 0.05) is 24.3 Å². The quantitative estimate of drug-likeness (QED) is 0.598. The summed E-state index contributed by atoms with van der Waals surface area (Å²) in [6, 6.07) is 0. The van der Waals surface area contributed by atoms with E-state index in [-0.39, 0.29) is 5.69 Å². The highest BCUT2D eigenvalue weighted by Gasteiger charge is 1.96. The summed E-state index contributed by atoms with van der Waals surface area (Å²) in [5, 5.41) is 0.987. The molecule has 0 N–H and O–H groups in total. The summed E-state index contributed by atoms with van der Waals surface area (Å²) in [6.45, 7) is 2.70. The molecule has 1 aromatic rings. The van der Waals surface area contributed by atoms with Crippen LogP contribution in [0.15, 0.2) is 17.2 Å². The zero-order valence-electron chi connectivity index (χ0n) is 7.66. The van der Waals surface area contributed by atoms with Gasteiger partial charge in [-0.25, -0.2) is 9.78 Å². The van der Waals surface area contributed by atoms with E-state index in [0.717, 1.165) is 30.3 Å². The Morgan fingerprint density at radius 3 is 3.00 bits per heavy atom. The van der Waals surface area contributed by atoms with E-state index in [1.54, 1.807) is 10.8 Å². The van der Waals surface area contributed by atoms with Gasteiger partial charge in [-0.2, -0.15) is 0 Å². The van der Waals surface area contributed by atoms with Gasteiger partial charge in [-0.3, -0.25) is 4.57 Å². The maximum absolute atomic E-state index is 11.2. The molecule has 1 heterocycles. The maximum Gasteiger partial charge on any atom is 0.347 e. The van der Waals surface area contributed by atoms with Crippen LogP contribution in [0, 0.1) is 6.92 Å². The van der Waals surface area contributed by atoms with Crippen LogP contribution in [-0.4, -0.2) is 14.9 Å². The van der Waals surface area contributed by atoms with Crippen LogP contribution in [-0.2, 0) is 6.54 Å². The van der Waals surface area contributed by atoms with Gasteiger partial charge in [0.05, 0.1) is 0 Å². The van der Waals surface area contributed by atoms with Crippen LogP contribution in [0.5, 0.6) is 0 Å². The van der Waals surface area contributed by atoms with Gasteiger partial charge in [0.15, 0.2) is 0 Å². The second-order valence-corrected chi connectivity index (χ2v) is 3.80. The third-order valence-corrected chi connectivity index (χ3v) is 2.33. The highest BCUT2D eigenvalue weighted by molar-refractivity contribution is 9.09. The van der Waals surface area contributed by atoms with Crippen molar-refractivity contribution in [3.05, 3.63) is 28.4 Å². The van der Waals surface area contributed by atoms with E-state index in [9.17, 15) is 4.79 Å². The van der Waals surface area contributed by atoms with Gasteiger partial charge in [-0.1, -0.05) is 15.9 Å². The van der Waals surface area contributed by atoms with Crippen LogP contribution in [0.4, 0.5) is 0 Å². The number of alkyl halides is 1. The first kappa shape index (κ1) is 10.4. The predicted molar refractivity (Wildman–Crippen MR) is 56.3 cm³/mol. The summed E-state index contributed by atoms with van der Waals surface area (Å²) in [4.78, 5) is 15.0.